The number of piperidine rings is 1. The molecule has 2 aliphatic rings. The first-order valence-electron chi connectivity index (χ1n) is 10.4. The van der Waals surface area contributed by atoms with Crippen LogP contribution in [0.5, 0.6) is 0 Å². The lowest BCUT2D eigenvalue weighted by Gasteiger charge is -2.34. The van der Waals surface area contributed by atoms with Gasteiger partial charge in [0.15, 0.2) is 5.96 Å². The minimum absolute atomic E-state index is 0. The molecule has 0 radical (unpaired) electrons. The van der Waals surface area contributed by atoms with E-state index in [9.17, 15) is 0 Å². The number of pyridine rings is 1. The second-order valence-corrected chi connectivity index (χ2v) is 8.01. The maximum Gasteiger partial charge on any atom is 0.191 e. The van der Waals surface area contributed by atoms with Gasteiger partial charge in [-0.25, -0.2) is 4.98 Å². The number of nitrogens with zero attached hydrogens (tertiary/aromatic N) is 3. The van der Waals surface area contributed by atoms with Crippen molar-refractivity contribution in [1.29, 1.82) is 0 Å². The summed E-state index contributed by atoms with van der Waals surface area (Å²) in [6, 6.07) is 17.6. The molecule has 2 aromatic rings. The van der Waals surface area contributed by atoms with Gasteiger partial charge in [0, 0.05) is 38.4 Å². The Morgan fingerprint density at radius 1 is 1.10 bits per heavy atom. The zero-order chi connectivity index (χ0) is 19.3. The maximum absolute atomic E-state index is 4.66. The molecule has 2 N–H and O–H groups in total. The van der Waals surface area contributed by atoms with Gasteiger partial charge in [0.05, 0.1) is 0 Å². The summed E-state index contributed by atoms with van der Waals surface area (Å²) in [4.78, 5) is 11.5. The predicted octanol–water partition coefficient (Wildman–Crippen LogP) is 3.95. The van der Waals surface area contributed by atoms with Crippen molar-refractivity contribution in [2.24, 2.45) is 10.9 Å². The standard InChI is InChI=1S/C23H31N5.HI/c1-17-7-6-10-22(26-17)28-13-11-20(12-14-28)27-23(24-2)25-16-19-15-21(19)18-8-4-3-5-9-18;/h3-10,19-21H,11-16H2,1-2H3,(H2,24,25,27);1H. The third kappa shape index (κ3) is 5.84. The van der Waals surface area contributed by atoms with Crippen molar-refractivity contribution in [1.82, 2.24) is 15.6 Å². The number of rotatable bonds is 5. The summed E-state index contributed by atoms with van der Waals surface area (Å²) < 4.78 is 0. The summed E-state index contributed by atoms with van der Waals surface area (Å²) in [6.45, 7) is 5.11. The van der Waals surface area contributed by atoms with E-state index >= 15 is 0 Å². The molecule has 0 bridgehead atoms. The Labute approximate surface area is 191 Å². The second-order valence-electron chi connectivity index (χ2n) is 8.01. The minimum atomic E-state index is 0. The maximum atomic E-state index is 4.66. The Morgan fingerprint density at radius 2 is 1.86 bits per heavy atom. The van der Waals surface area contributed by atoms with Gasteiger partial charge in [0.1, 0.15) is 5.82 Å². The highest BCUT2D eigenvalue weighted by molar-refractivity contribution is 14.0. The summed E-state index contributed by atoms with van der Waals surface area (Å²) in [5, 5.41) is 7.16. The lowest BCUT2D eigenvalue weighted by atomic mass is 10.1. The Balaban J connectivity index is 0.00000240. The number of hydrogen-bond donors (Lipinski definition) is 2. The molecule has 156 valence electrons. The third-order valence-electron chi connectivity index (χ3n) is 5.94. The Morgan fingerprint density at radius 3 is 2.55 bits per heavy atom. The number of hydrogen-bond acceptors (Lipinski definition) is 3. The highest BCUT2D eigenvalue weighted by atomic mass is 127. The van der Waals surface area contributed by atoms with E-state index < -0.39 is 0 Å². The Kier molecular flexibility index (Phi) is 7.75. The van der Waals surface area contributed by atoms with Crippen molar-refractivity contribution in [3.63, 3.8) is 0 Å². The summed E-state index contributed by atoms with van der Waals surface area (Å²) in [6.07, 6.45) is 3.48. The van der Waals surface area contributed by atoms with Crippen LogP contribution in [0.15, 0.2) is 53.5 Å². The van der Waals surface area contributed by atoms with Crippen LogP contribution in [-0.4, -0.2) is 43.7 Å². The monoisotopic (exact) mass is 505 g/mol. The largest absolute Gasteiger partial charge is 0.356 e. The topological polar surface area (TPSA) is 52.6 Å². The molecule has 2 atom stereocenters. The molecular weight excluding hydrogens is 473 g/mol. The molecule has 5 nitrogen and oxygen atoms in total. The highest BCUT2D eigenvalue weighted by Crippen LogP contribution is 2.46. The molecule has 1 aliphatic carbocycles. The number of benzene rings is 1. The zero-order valence-corrected chi connectivity index (χ0v) is 19.7. The molecule has 1 aliphatic heterocycles. The van der Waals surface area contributed by atoms with Crippen molar-refractivity contribution in [3.8, 4) is 0 Å². The molecule has 29 heavy (non-hydrogen) atoms. The zero-order valence-electron chi connectivity index (χ0n) is 17.3. The molecule has 2 fully saturated rings. The molecule has 0 amide bonds. The summed E-state index contributed by atoms with van der Waals surface area (Å²) in [7, 11) is 1.86. The fraction of sp³-hybridized carbons (Fsp3) is 0.478. The second kappa shape index (κ2) is 10.3. The number of nitrogens with one attached hydrogen (secondary N) is 2. The summed E-state index contributed by atoms with van der Waals surface area (Å²) in [5.41, 5.74) is 2.55. The molecule has 0 spiro atoms. The SMILES string of the molecule is CN=C(NCC1CC1c1ccccc1)NC1CCN(c2cccc(C)n2)CC1.I. The minimum Gasteiger partial charge on any atom is -0.356 e. The average Bonchev–Trinajstić information content (AvgIpc) is 3.52. The Hall–Kier alpha value is -1.83. The van der Waals surface area contributed by atoms with Crippen molar-refractivity contribution < 1.29 is 0 Å². The van der Waals surface area contributed by atoms with Crippen LogP contribution in [0.2, 0.25) is 0 Å². The fourth-order valence-electron chi connectivity index (χ4n) is 4.16. The van der Waals surface area contributed by atoms with E-state index in [0.29, 0.717) is 12.0 Å². The van der Waals surface area contributed by atoms with Crippen LogP contribution in [0.3, 0.4) is 0 Å². The average molecular weight is 505 g/mol. The van der Waals surface area contributed by atoms with Crippen LogP contribution in [0.25, 0.3) is 0 Å². The number of aromatic nitrogens is 1. The van der Waals surface area contributed by atoms with Crippen molar-refractivity contribution in [3.05, 3.63) is 59.8 Å². The first-order valence-corrected chi connectivity index (χ1v) is 10.4. The normalized spacial score (nSPS) is 22.0. The predicted molar refractivity (Wildman–Crippen MR) is 131 cm³/mol. The van der Waals surface area contributed by atoms with Crippen LogP contribution >= 0.6 is 24.0 Å². The van der Waals surface area contributed by atoms with Gasteiger partial charge in [0.25, 0.3) is 0 Å². The first-order chi connectivity index (χ1) is 13.7. The van der Waals surface area contributed by atoms with E-state index in [-0.39, 0.29) is 24.0 Å². The molecular formula is C23H32IN5. The Bertz CT molecular complexity index is 802. The van der Waals surface area contributed by atoms with Gasteiger partial charge in [0.2, 0.25) is 0 Å². The van der Waals surface area contributed by atoms with Gasteiger partial charge in [-0.05, 0) is 55.7 Å². The van der Waals surface area contributed by atoms with Gasteiger partial charge in [-0.2, -0.15) is 0 Å². The van der Waals surface area contributed by atoms with E-state index in [2.05, 4.69) is 81.0 Å². The van der Waals surface area contributed by atoms with Gasteiger partial charge in [-0.3, -0.25) is 4.99 Å². The molecule has 6 heteroatoms. The number of aryl methyl sites for hydroxylation is 1. The molecule has 4 rings (SSSR count). The summed E-state index contributed by atoms with van der Waals surface area (Å²) >= 11 is 0. The van der Waals surface area contributed by atoms with E-state index in [0.717, 1.165) is 55.9 Å². The van der Waals surface area contributed by atoms with E-state index in [1.54, 1.807) is 0 Å². The van der Waals surface area contributed by atoms with Crippen LogP contribution in [0.4, 0.5) is 5.82 Å². The molecule has 2 heterocycles. The van der Waals surface area contributed by atoms with Crippen LogP contribution in [-0.2, 0) is 0 Å². The lowest BCUT2D eigenvalue weighted by Crippen LogP contribution is -2.49. The molecule has 1 saturated heterocycles. The van der Waals surface area contributed by atoms with E-state index in [4.69, 9.17) is 0 Å². The smallest absolute Gasteiger partial charge is 0.191 e. The van der Waals surface area contributed by atoms with Gasteiger partial charge in [-0.15, -0.1) is 24.0 Å². The lowest BCUT2D eigenvalue weighted by molar-refractivity contribution is 0.459. The quantitative estimate of drug-likeness (QED) is 0.367. The van der Waals surface area contributed by atoms with Crippen LogP contribution in [0, 0.1) is 12.8 Å². The van der Waals surface area contributed by atoms with Crippen LogP contribution < -0.4 is 15.5 Å². The molecule has 2 unspecified atom stereocenters. The van der Waals surface area contributed by atoms with Crippen molar-refractivity contribution in [2.75, 3.05) is 31.6 Å². The van der Waals surface area contributed by atoms with Gasteiger partial charge in [-0.1, -0.05) is 36.4 Å². The molecule has 1 aromatic heterocycles. The number of halogens is 1. The number of guanidine groups is 1. The van der Waals surface area contributed by atoms with Crippen molar-refractivity contribution in [2.45, 2.75) is 38.1 Å². The number of anilines is 1. The third-order valence-corrected chi connectivity index (χ3v) is 5.94. The number of aliphatic imine (C=N–C) groups is 1. The first kappa shape index (κ1) is 21.9. The molecule has 1 aromatic carbocycles. The molecule has 1 saturated carbocycles. The fourth-order valence-corrected chi connectivity index (χ4v) is 4.16. The van der Waals surface area contributed by atoms with E-state index in [1.807, 2.05) is 7.05 Å². The highest BCUT2D eigenvalue weighted by Gasteiger charge is 2.37. The van der Waals surface area contributed by atoms with Gasteiger partial charge >= 0.3 is 0 Å². The summed E-state index contributed by atoms with van der Waals surface area (Å²) in [5.74, 6) is 3.46. The van der Waals surface area contributed by atoms with Crippen LogP contribution in [0.1, 0.15) is 36.4 Å². The van der Waals surface area contributed by atoms with E-state index in [1.165, 1.54) is 12.0 Å². The van der Waals surface area contributed by atoms with Gasteiger partial charge < -0.3 is 15.5 Å². The van der Waals surface area contributed by atoms with Crippen molar-refractivity contribution >= 4 is 35.8 Å².